The minimum Gasteiger partial charge on any atom is -0.497 e. The summed E-state index contributed by atoms with van der Waals surface area (Å²) in [4.78, 5) is 0. The van der Waals surface area contributed by atoms with Gasteiger partial charge in [0.2, 0.25) is 0 Å². The summed E-state index contributed by atoms with van der Waals surface area (Å²) >= 11 is 0. The van der Waals surface area contributed by atoms with Crippen LogP contribution >= 0.6 is 0 Å². The fraction of sp³-hybridized carbons (Fsp3) is 0.100. The van der Waals surface area contributed by atoms with Crippen molar-refractivity contribution in [2.24, 2.45) is 0 Å². The summed E-state index contributed by atoms with van der Waals surface area (Å²) in [6, 6.07) is 9.46. The molecule has 0 N–H and O–H groups in total. The summed E-state index contributed by atoms with van der Waals surface area (Å²) in [7, 11) is 1.64. The quantitative estimate of drug-likeness (QED) is 0.715. The first-order valence-electron chi connectivity index (χ1n) is 4.19. The van der Waals surface area contributed by atoms with Gasteiger partial charge < -0.3 is 4.74 Å². The second-order valence-electron chi connectivity index (χ2n) is 2.74. The maximum atomic E-state index is 5.11. The molecule has 1 aromatic heterocycles. The van der Waals surface area contributed by atoms with Gasteiger partial charge >= 0.3 is 0 Å². The smallest absolute Gasteiger partial charge is 0.119 e. The molecule has 0 radical (unpaired) electrons. The van der Waals surface area contributed by atoms with Gasteiger partial charge in [0.25, 0.3) is 0 Å². The highest BCUT2D eigenvalue weighted by atomic mass is 16.5. The molecule has 2 rings (SSSR count). The predicted octanol–water partition coefficient (Wildman–Crippen LogP) is 1.55. The lowest BCUT2D eigenvalue weighted by molar-refractivity contribution is 0.415. The van der Waals surface area contributed by atoms with Gasteiger partial charge in [0.15, 0.2) is 0 Å². The van der Waals surface area contributed by atoms with Crippen molar-refractivity contribution >= 4 is 0 Å². The number of methoxy groups -OCH3 is 1. The second kappa shape index (κ2) is 3.83. The predicted molar refractivity (Wildman–Crippen MR) is 51.8 cm³/mol. The molecule has 0 spiro atoms. The highest BCUT2D eigenvalue weighted by Crippen LogP contribution is 2.20. The zero-order valence-corrected chi connectivity index (χ0v) is 7.71. The van der Waals surface area contributed by atoms with Crippen molar-refractivity contribution in [2.75, 3.05) is 7.11 Å². The SMILES string of the molecule is COc1cccc(-c2ccnnn2)c1. The molecule has 4 heteroatoms. The van der Waals surface area contributed by atoms with Crippen LogP contribution in [0.4, 0.5) is 0 Å². The number of nitrogens with zero attached hydrogens (tertiary/aromatic N) is 3. The van der Waals surface area contributed by atoms with Crippen LogP contribution in [0.1, 0.15) is 0 Å². The van der Waals surface area contributed by atoms with Crippen molar-refractivity contribution in [1.29, 1.82) is 0 Å². The molecule has 0 saturated heterocycles. The molecule has 0 aliphatic heterocycles. The lowest BCUT2D eigenvalue weighted by Gasteiger charge is -2.02. The van der Waals surface area contributed by atoms with Gasteiger partial charge in [-0.15, -0.1) is 10.2 Å². The third-order valence-electron chi connectivity index (χ3n) is 1.87. The molecular formula is C10H9N3O. The van der Waals surface area contributed by atoms with Gasteiger partial charge in [0, 0.05) is 5.56 Å². The van der Waals surface area contributed by atoms with Crippen molar-refractivity contribution in [3.8, 4) is 17.0 Å². The first-order chi connectivity index (χ1) is 6.90. The average molecular weight is 187 g/mol. The number of benzene rings is 1. The van der Waals surface area contributed by atoms with Gasteiger partial charge in [-0.3, -0.25) is 0 Å². The topological polar surface area (TPSA) is 47.9 Å². The summed E-state index contributed by atoms with van der Waals surface area (Å²) in [5.41, 5.74) is 1.76. The van der Waals surface area contributed by atoms with Gasteiger partial charge in [0.05, 0.1) is 19.0 Å². The molecule has 0 atom stereocenters. The van der Waals surface area contributed by atoms with E-state index in [0.717, 1.165) is 17.0 Å². The Balaban J connectivity index is 2.42. The van der Waals surface area contributed by atoms with Gasteiger partial charge in [-0.25, -0.2) is 0 Å². The van der Waals surface area contributed by atoms with Crippen LogP contribution < -0.4 is 4.74 Å². The van der Waals surface area contributed by atoms with E-state index in [0.29, 0.717) is 0 Å². The largest absolute Gasteiger partial charge is 0.497 e. The monoisotopic (exact) mass is 187 g/mol. The van der Waals surface area contributed by atoms with Crippen LogP contribution in [-0.2, 0) is 0 Å². The Morgan fingerprint density at radius 2 is 2.14 bits per heavy atom. The van der Waals surface area contributed by atoms with Crippen LogP contribution in [0.25, 0.3) is 11.3 Å². The number of ether oxygens (including phenoxy) is 1. The molecule has 0 bridgehead atoms. The molecule has 1 aromatic carbocycles. The third kappa shape index (κ3) is 1.69. The van der Waals surface area contributed by atoms with E-state index in [1.807, 2.05) is 30.3 Å². The number of hydrogen-bond donors (Lipinski definition) is 0. The fourth-order valence-corrected chi connectivity index (χ4v) is 1.18. The Morgan fingerprint density at radius 1 is 1.21 bits per heavy atom. The van der Waals surface area contributed by atoms with Crippen molar-refractivity contribution in [3.05, 3.63) is 36.5 Å². The molecule has 0 unspecified atom stereocenters. The Kier molecular flexibility index (Phi) is 2.36. The van der Waals surface area contributed by atoms with Crippen molar-refractivity contribution in [2.45, 2.75) is 0 Å². The third-order valence-corrected chi connectivity index (χ3v) is 1.87. The van der Waals surface area contributed by atoms with Crippen LogP contribution in [0.3, 0.4) is 0 Å². The molecular weight excluding hydrogens is 178 g/mol. The highest BCUT2D eigenvalue weighted by Gasteiger charge is 1.99. The highest BCUT2D eigenvalue weighted by molar-refractivity contribution is 5.60. The molecule has 1 heterocycles. The molecule has 2 aromatic rings. The van der Waals surface area contributed by atoms with Crippen LogP contribution in [0.15, 0.2) is 36.5 Å². The summed E-state index contributed by atoms with van der Waals surface area (Å²) in [5, 5.41) is 11.1. The number of hydrogen-bond acceptors (Lipinski definition) is 4. The van der Waals surface area contributed by atoms with Crippen molar-refractivity contribution in [3.63, 3.8) is 0 Å². The van der Waals surface area contributed by atoms with Crippen molar-refractivity contribution in [1.82, 2.24) is 15.4 Å². The maximum Gasteiger partial charge on any atom is 0.119 e. The number of aromatic nitrogens is 3. The zero-order valence-electron chi connectivity index (χ0n) is 7.71. The Labute approximate surface area is 81.6 Å². The lowest BCUT2D eigenvalue weighted by Crippen LogP contribution is -1.89. The van der Waals surface area contributed by atoms with Gasteiger partial charge in [-0.05, 0) is 23.4 Å². The van der Waals surface area contributed by atoms with Crippen LogP contribution in [0.2, 0.25) is 0 Å². The van der Waals surface area contributed by atoms with E-state index in [1.54, 1.807) is 13.3 Å². The summed E-state index contributed by atoms with van der Waals surface area (Å²) in [6.07, 6.45) is 1.61. The Hall–Kier alpha value is -1.97. The fourth-order valence-electron chi connectivity index (χ4n) is 1.18. The second-order valence-corrected chi connectivity index (χ2v) is 2.74. The van der Waals surface area contributed by atoms with Gasteiger partial charge in [0.1, 0.15) is 5.75 Å². The van der Waals surface area contributed by atoms with Crippen molar-refractivity contribution < 1.29 is 4.74 Å². The summed E-state index contributed by atoms with van der Waals surface area (Å²) < 4.78 is 5.11. The minimum absolute atomic E-state index is 0.791. The first kappa shape index (κ1) is 8.62. The standard InChI is InChI=1S/C10H9N3O/c1-14-9-4-2-3-8(7-9)10-5-6-11-13-12-10/h2-7H,1H3. The molecule has 0 amide bonds. The average Bonchev–Trinajstić information content (AvgIpc) is 2.30. The molecule has 0 aliphatic carbocycles. The summed E-state index contributed by atoms with van der Waals surface area (Å²) in [5.74, 6) is 0.807. The lowest BCUT2D eigenvalue weighted by atomic mass is 10.1. The van der Waals surface area contributed by atoms with Gasteiger partial charge in [-0.2, -0.15) is 0 Å². The normalized spacial score (nSPS) is 9.79. The maximum absolute atomic E-state index is 5.11. The molecule has 0 aliphatic rings. The van der Waals surface area contributed by atoms with E-state index in [4.69, 9.17) is 4.74 Å². The van der Waals surface area contributed by atoms with E-state index in [9.17, 15) is 0 Å². The van der Waals surface area contributed by atoms with E-state index in [-0.39, 0.29) is 0 Å². The van der Waals surface area contributed by atoms with E-state index >= 15 is 0 Å². The van der Waals surface area contributed by atoms with Crippen LogP contribution in [-0.4, -0.2) is 22.5 Å². The molecule has 0 saturated carbocycles. The van der Waals surface area contributed by atoms with Crippen LogP contribution in [0, 0.1) is 0 Å². The minimum atomic E-state index is 0.791. The van der Waals surface area contributed by atoms with E-state index in [2.05, 4.69) is 15.4 Å². The van der Waals surface area contributed by atoms with Crippen LogP contribution in [0.5, 0.6) is 5.75 Å². The van der Waals surface area contributed by atoms with Gasteiger partial charge in [-0.1, -0.05) is 12.1 Å². The molecule has 4 nitrogen and oxygen atoms in total. The van der Waals surface area contributed by atoms with E-state index < -0.39 is 0 Å². The Morgan fingerprint density at radius 3 is 2.86 bits per heavy atom. The zero-order chi connectivity index (χ0) is 9.80. The Bertz CT molecular complexity index is 417. The molecule has 70 valence electrons. The molecule has 14 heavy (non-hydrogen) atoms. The van der Waals surface area contributed by atoms with E-state index in [1.165, 1.54) is 0 Å². The number of rotatable bonds is 2. The summed E-state index contributed by atoms with van der Waals surface area (Å²) in [6.45, 7) is 0. The molecule has 0 fully saturated rings. The first-order valence-corrected chi connectivity index (χ1v) is 4.19.